The van der Waals surface area contributed by atoms with Gasteiger partial charge in [0.1, 0.15) is 12.1 Å². The number of ether oxygens (including phenoxy) is 2. The van der Waals surface area contributed by atoms with E-state index in [0.717, 1.165) is 16.5 Å². The number of carbonyl (C=O) groups excluding carboxylic acids is 3. The molecule has 1 unspecified atom stereocenters. The van der Waals surface area contributed by atoms with Crippen molar-refractivity contribution in [3.05, 3.63) is 36.0 Å². The molecule has 140 valence electrons. The van der Waals surface area contributed by atoms with Gasteiger partial charge in [-0.05, 0) is 18.1 Å². The van der Waals surface area contributed by atoms with Crippen LogP contribution in [-0.2, 0) is 30.3 Å². The largest absolute Gasteiger partial charge is 0.468 e. The van der Waals surface area contributed by atoms with Gasteiger partial charge < -0.3 is 25.5 Å². The van der Waals surface area contributed by atoms with Gasteiger partial charge in [0.05, 0.1) is 14.2 Å². The lowest BCUT2D eigenvalue weighted by molar-refractivity contribution is -0.145. The van der Waals surface area contributed by atoms with Crippen molar-refractivity contribution < 1.29 is 23.9 Å². The predicted molar refractivity (Wildman–Crippen MR) is 95.2 cm³/mol. The Hall–Kier alpha value is -2.87. The number of amides is 1. The van der Waals surface area contributed by atoms with Crippen molar-refractivity contribution in [2.75, 3.05) is 14.2 Å². The summed E-state index contributed by atoms with van der Waals surface area (Å²) in [5.41, 5.74) is 7.45. The molecule has 0 saturated carbocycles. The average molecular weight is 361 g/mol. The lowest BCUT2D eigenvalue weighted by Gasteiger charge is -2.17. The molecule has 4 N–H and O–H groups in total. The molecule has 1 heterocycles. The first-order chi connectivity index (χ1) is 12.5. The highest BCUT2D eigenvalue weighted by Crippen LogP contribution is 2.19. The van der Waals surface area contributed by atoms with Crippen LogP contribution in [0.5, 0.6) is 0 Å². The quantitative estimate of drug-likeness (QED) is 0.593. The Balaban J connectivity index is 2.02. The van der Waals surface area contributed by atoms with E-state index in [2.05, 4.69) is 15.0 Å². The van der Waals surface area contributed by atoms with Crippen LogP contribution in [0.1, 0.15) is 18.4 Å². The van der Waals surface area contributed by atoms with Gasteiger partial charge in [-0.1, -0.05) is 18.2 Å². The predicted octanol–water partition coefficient (Wildman–Crippen LogP) is 0.649. The molecule has 0 saturated heterocycles. The molecular formula is C18H23N3O5. The summed E-state index contributed by atoms with van der Waals surface area (Å²) in [4.78, 5) is 38.6. The van der Waals surface area contributed by atoms with Gasteiger partial charge in [-0.3, -0.25) is 9.59 Å². The van der Waals surface area contributed by atoms with Crippen LogP contribution in [0.4, 0.5) is 0 Å². The molecule has 0 bridgehead atoms. The molecule has 1 aromatic heterocycles. The van der Waals surface area contributed by atoms with Crippen molar-refractivity contribution in [3.8, 4) is 0 Å². The minimum Gasteiger partial charge on any atom is -0.468 e. The topological polar surface area (TPSA) is 124 Å². The van der Waals surface area contributed by atoms with Gasteiger partial charge in [-0.25, -0.2) is 4.79 Å². The molecule has 0 fully saturated rings. The van der Waals surface area contributed by atoms with E-state index >= 15 is 0 Å². The van der Waals surface area contributed by atoms with Gasteiger partial charge >= 0.3 is 11.9 Å². The summed E-state index contributed by atoms with van der Waals surface area (Å²) in [6, 6.07) is 5.97. The number of carbonyl (C=O) groups is 3. The molecule has 8 heteroatoms. The van der Waals surface area contributed by atoms with E-state index in [1.165, 1.54) is 14.2 Å². The minimum atomic E-state index is -0.879. The van der Waals surface area contributed by atoms with Crippen LogP contribution in [0.2, 0.25) is 0 Å². The highest BCUT2D eigenvalue weighted by molar-refractivity contribution is 5.87. The number of aromatic nitrogens is 1. The lowest BCUT2D eigenvalue weighted by Crippen LogP contribution is -2.43. The van der Waals surface area contributed by atoms with Crippen molar-refractivity contribution >= 4 is 28.7 Å². The SMILES string of the molecule is COC(=O)C(Cc1c[nH]c2ccccc12)NC(=O)CC[C@@H](N)C(=O)OC. The Morgan fingerprint density at radius 3 is 2.54 bits per heavy atom. The van der Waals surface area contributed by atoms with Crippen LogP contribution < -0.4 is 11.1 Å². The summed E-state index contributed by atoms with van der Waals surface area (Å²) in [5.74, 6) is -1.51. The maximum atomic E-state index is 12.1. The lowest BCUT2D eigenvalue weighted by atomic mass is 10.0. The molecule has 0 radical (unpaired) electrons. The standard InChI is InChI=1S/C18H23N3O5/c1-25-17(23)13(19)7-8-16(22)21-15(18(24)26-2)9-11-10-20-14-6-4-3-5-12(11)14/h3-6,10,13,15,20H,7-9,19H2,1-2H3,(H,21,22)/t13-,15?/m1/s1. The van der Waals surface area contributed by atoms with Gasteiger partial charge in [-0.2, -0.15) is 0 Å². The van der Waals surface area contributed by atoms with Gasteiger partial charge in [-0.15, -0.1) is 0 Å². The fourth-order valence-corrected chi connectivity index (χ4v) is 2.68. The molecule has 0 aliphatic carbocycles. The molecule has 0 spiro atoms. The van der Waals surface area contributed by atoms with Crippen LogP contribution >= 0.6 is 0 Å². The zero-order chi connectivity index (χ0) is 19.1. The summed E-state index contributed by atoms with van der Waals surface area (Å²) in [5, 5.41) is 3.62. The highest BCUT2D eigenvalue weighted by atomic mass is 16.5. The minimum absolute atomic E-state index is 0.00234. The van der Waals surface area contributed by atoms with Gasteiger partial charge in [0.15, 0.2) is 0 Å². The second kappa shape index (κ2) is 9.00. The first kappa shape index (κ1) is 19.5. The second-order valence-corrected chi connectivity index (χ2v) is 5.88. The van der Waals surface area contributed by atoms with Crippen molar-refractivity contribution in [1.82, 2.24) is 10.3 Å². The molecule has 2 rings (SSSR count). The third-order valence-corrected chi connectivity index (χ3v) is 4.11. The number of methoxy groups -OCH3 is 2. The van der Waals surface area contributed by atoms with E-state index < -0.39 is 24.0 Å². The number of nitrogens with two attached hydrogens (primary N) is 1. The summed E-state index contributed by atoms with van der Waals surface area (Å²) < 4.78 is 9.31. The molecular weight excluding hydrogens is 338 g/mol. The Labute approximate surface area is 151 Å². The monoisotopic (exact) mass is 361 g/mol. The van der Waals surface area contributed by atoms with Crippen molar-refractivity contribution in [3.63, 3.8) is 0 Å². The Kier molecular flexibility index (Phi) is 6.74. The fraction of sp³-hybridized carbons (Fsp3) is 0.389. The number of hydrogen-bond donors (Lipinski definition) is 3. The number of fused-ring (bicyclic) bond motifs is 1. The Bertz CT molecular complexity index is 786. The first-order valence-corrected chi connectivity index (χ1v) is 8.21. The van der Waals surface area contributed by atoms with Crippen LogP contribution in [-0.4, -0.2) is 49.1 Å². The normalized spacial score (nSPS) is 13.0. The van der Waals surface area contributed by atoms with Crippen molar-refractivity contribution in [2.45, 2.75) is 31.3 Å². The number of H-pyrrole nitrogens is 1. The summed E-state index contributed by atoms with van der Waals surface area (Å²) in [7, 11) is 2.50. The molecule has 1 aromatic carbocycles. The number of rotatable bonds is 8. The fourth-order valence-electron chi connectivity index (χ4n) is 2.68. The number of hydrogen-bond acceptors (Lipinski definition) is 6. The van der Waals surface area contributed by atoms with Gasteiger partial charge in [0, 0.05) is 29.9 Å². The number of para-hydroxylation sites is 1. The zero-order valence-electron chi connectivity index (χ0n) is 14.8. The molecule has 1 amide bonds. The molecule has 2 atom stereocenters. The number of aromatic amines is 1. The summed E-state index contributed by atoms with van der Waals surface area (Å²) in [6.07, 6.45) is 2.21. The molecule has 26 heavy (non-hydrogen) atoms. The Morgan fingerprint density at radius 2 is 1.85 bits per heavy atom. The maximum absolute atomic E-state index is 12.1. The highest BCUT2D eigenvalue weighted by Gasteiger charge is 2.24. The molecule has 2 aromatic rings. The first-order valence-electron chi connectivity index (χ1n) is 8.21. The zero-order valence-corrected chi connectivity index (χ0v) is 14.8. The van der Waals surface area contributed by atoms with Crippen LogP contribution in [0.15, 0.2) is 30.5 Å². The van der Waals surface area contributed by atoms with Crippen molar-refractivity contribution in [2.24, 2.45) is 5.73 Å². The summed E-state index contributed by atoms with van der Waals surface area (Å²) in [6.45, 7) is 0. The maximum Gasteiger partial charge on any atom is 0.328 e. The van der Waals surface area contributed by atoms with E-state index in [-0.39, 0.29) is 25.2 Å². The van der Waals surface area contributed by atoms with E-state index in [1.807, 2.05) is 24.3 Å². The van der Waals surface area contributed by atoms with Crippen LogP contribution in [0.3, 0.4) is 0 Å². The van der Waals surface area contributed by atoms with E-state index in [0.29, 0.717) is 0 Å². The molecule has 0 aliphatic rings. The van der Waals surface area contributed by atoms with Gasteiger partial charge in [0.2, 0.25) is 5.91 Å². The van der Waals surface area contributed by atoms with E-state index in [9.17, 15) is 14.4 Å². The Morgan fingerprint density at radius 1 is 1.15 bits per heavy atom. The number of esters is 2. The molecule has 8 nitrogen and oxygen atoms in total. The van der Waals surface area contributed by atoms with Crippen LogP contribution in [0, 0.1) is 0 Å². The number of nitrogens with one attached hydrogen (secondary N) is 2. The van der Waals surface area contributed by atoms with E-state index in [1.54, 1.807) is 6.20 Å². The molecule has 0 aliphatic heterocycles. The van der Waals surface area contributed by atoms with Gasteiger partial charge in [0.25, 0.3) is 0 Å². The average Bonchev–Trinajstić information content (AvgIpc) is 3.07. The third kappa shape index (κ3) is 4.82. The third-order valence-electron chi connectivity index (χ3n) is 4.11. The second-order valence-electron chi connectivity index (χ2n) is 5.88. The summed E-state index contributed by atoms with van der Waals surface area (Å²) >= 11 is 0. The van der Waals surface area contributed by atoms with Crippen LogP contribution in [0.25, 0.3) is 10.9 Å². The number of benzene rings is 1. The van der Waals surface area contributed by atoms with Crippen molar-refractivity contribution in [1.29, 1.82) is 0 Å². The van der Waals surface area contributed by atoms with E-state index in [4.69, 9.17) is 10.5 Å². The smallest absolute Gasteiger partial charge is 0.328 e.